The van der Waals surface area contributed by atoms with Gasteiger partial charge in [0.2, 0.25) is 0 Å². The summed E-state index contributed by atoms with van der Waals surface area (Å²) in [6.07, 6.45) is 3.93. The molecule has 2 heteroatoms. The SMILES string of the molecule is CCSCC(=O)c1cccc(C2CCC2)c1. The van der Waals surface area contributed by atoms with Crippen molar-refractivity contribution < 1.29 is 4.79 Å². The fourth-order valence-electron chi connectivity index (χ4n) is 1.99. The van der Waals surface area contributed by atoms with Gasteiger partial charge in [0.05, 0.1) is 5.75 Å². The predicted molar refractivity (Wildman–Crippen MR) is 70.4 cm³/mol. The second kappa shape index (κ2) is 5.53. The molecule has 86 valence electrons. The summed E-state index contributed by atoms with van der Waals surface area (Å²) in [4.78, 5) is 11.9. The summed E-state index contributed by atoms with van der Waals surface area (Å²) < 4.78 is 0. The monoisotopic (exact) mass is 234 g/mol. The van der Waals surface area contributed by atoms with Crippen molar-refractivity contribution in [1.82, 2.24) is 0 Å². The number of thioether (sulfide) groups is 1. The third kappa shape index (κ3) is 2.67. The van der Waals surface area contributed by atoms with Crippen molar-refractivity contribution >= 4 is 17.5 Å². The Balaban J connectivity index is 2.05. The Morgan fingerprint density at radius 2 is 2.25 bits per heavy atom. The maximum atomic E-state index is 11.9. The molecule has 1 aliphatic carbocycles. The minimum absolute atomic E-state index is 0.271. The van der Waals surface area contributed by atoms with Crippen molar-refractivity contribution in [1.29, 1.82) is 0 Å². The Labute approximate surface area is 102 Å². The Morgan fingerprint density at radius 3 is 2.88 bits per heavy atom. The van der Waals surface area contributed by atoms with Gasteiger partial charge in [0.15, 0.2) is 5.78 Å². The summed E-state index contributed by atoms with van der Waals surface area (Å²) in [5.74, 6) is 2.61. The van der Waals surface area contributed by atoms with E-state index in [2.05, 4.69) is 19.1 Å². The Hall–Kier alpha value is -0.760. The maximum absolute atomic E-state index is 11.9. The molecule has 1 saturated carbocycles. The molecule has 0 N–H and O–H groups in total. The number of hydrogen-bond donors (Lipinski definition) is 0. The van der Waals surface area contributed by atoms with E-state index in [4.69, 9.17) is 0 Å². The molecule has 0 saturated heterocycles. The number of benzene rings is 1. The highest BCUT2D eigenvalue weighted by Gasteiger charge is 2.20. The number of hydrogen-bond acceptors (Lipinski definition) is 2. The van der Waals surface area contributed by atoms with Crippen molar-refractivity contribution in [3.8, 4) is 0 Å². The first-order valence-electron chi connectivity index (χ1n) is 6.02. The van der Waals surface area contributed by atoms with E-state index in [1.54, 1.807) is 11.8 Å². The highest BCUT2D eigenvalue weighted by atomic mass is 32.2. The second-order valence-corrected chi connectivity index (χ2v) is 5.59. The fourth-order valence-corrected chi connectivity index (χ4v) is 2.54. The highest BCUT2D eigenvalue weighted by Crippen LogP contribution is 2.36. The summed E-state index contributed by atoms with van der Waals surface area (Å²) in [5, 5.41) is 0. The van der Waals surface area contributed by atoms with Gasteiger partial charge < -0.3 is 0 Å². The van der Waals surface area contributed by atoms with Crippen LogP contribution in [0.2, 0.25) is 0 Å². The lowest BCUT2D eigenvalue weighted by Crippen LogP contribution is -2.10. The number of Topliss-reactive ketones (excluding diaryl/α,β-unsaturated/α-hetero) is 1. The minimum atomic E-state index is 0.271. The highest BCUT2D eigenvalue weighted by molar-refractivity contribution is 7.99. The van der Waals surface area contributed by atoms with E-state index in [1.807, 2.05) is 12.1 Å². The van der Waals surface area contributed by atoms with Crippen molar-refractivity contribution in [2.45, 2.75) is 32.1 Å². The molecule has 1 nitrogen and oxygen atoms in total. The molecule has 1 aromatic carbocycles. The molecule has 0 atom stereocenters. The summed E-state index contributed by atoms with van der Waals surface area (Å²) in [6, 6.07) is 8.23. The van der Waals surface area contributed by atoms with Crippen LogP contribution in [-0.4, -0.2) is 17.3 Å². The predicted octanol–water partition coefficient (Wildman–Crippen LogP) is 3.89. The van der Waals surface area contributed by atoms with Gasteiger partial charge in [-0.25, -0.2) is 0 Å². The van der Waals surface area contributed by atoms with Crippen molar-refractivity contribution in [3.63, 3.8) is 0 Å². The third-order valence-corrected chi connectivity index (χ3v) is 4.10. The molecule has 0 amide bonds. The molecule has 1 fully saturated rings. The van der Waals surface area contributed by atoms with E-state index >= 15 is 0 Å². The normalized spacial score (nSPS) is 15.8. The van der Waals surface area contributed by atoms with Crippen LogP contribution < -0.4 is 0 Å². The number of rotatable bonds is 5. The van der Waals surface area contributed by atoms with Crippen molar-refractivity contribution in [2.24, 2.45) is 0 Å². The first-order valence-corrected chi connectivity index (χ1v) is 7.17. The number of ketones is 1. The Kier molecular flexibility index (Phi) is 4.05. The molecular formula is C14H18OS. The van der Waals surface area contributed by atoms with Crippen LogP contribution in [0.1, 0.15) is 48.0 Å². The van der Waals surface area contributed by atoms with Crippen LogP contribution in [0.3, 0.4) is 0 Å². The van der Waals surface area contributed by atoms with Gasteiger partial charge in [0, 0.05) is 5.56 Å². The molecule has 0 spiro atoms. The number of carbonyl (C=O) groups excluding carboxylic acids is 1. The zero-order chi connectivity index (χ0) is 11.4. The first kappa shape index (κ1) is 11.7. The Bertz CT molecular complexity index is 369. The minimum Gasteiger partial charge on any atom is -0.293 e. The summed E-state index contributed by atoms with van der Waals surface area (Å²) in [7, 11) is 0. The van der Waals surface area contributed by atoms with Gasteiger partial charge in [-0.15, -0.1) is 0 Å². The lowest BCUT2D eigenvalue weighted by molar-refractivity contribution is 0.102. The molecular weight excluding hydrogens is 216 g/mol. The molecule has 1 aromatic rings. The van der Waals surface area contributed by atoms with Crippen LogP contribution in [0.5, 0.6) is 0 Å². The van der Waals surface area contributed by atoms with Crippen LogP contribution in [0.15, 0.2) is 24.3 Å². The lowest BCUT2D eigenvalue weighted by atomic mass is 9.79. The molecule has 1 aliphatic rings. The van der Waals surface area contributed by atoms with Crippen LogP contribution in [0.4, 0.5) is 0 Å². The van der Waals surface area contributed by atoms with Gasteiger partial charge in [-0.1, -0.05) is 31.5 Å². The zero-order valence-electron chi connectivity index (χ0n) is 9.74. The zero-order valence-corrected chi connectivity index (χ0v) is 10.6. The summed E-state index contributed by atoms with van der Waals surface area (Å²) >= 11 is 1.70. The van der Waals surface area contributed by atoms with Gasteiger partial charge in [-0.3, -0.25) is 4.79 Å². The van der Waals surface area contributed by atoms with Crippen LogP contribution in [-0.2, 0) is 0 Å². The van der Waals surface area contributed by atoms with E-state index in [1.165, 1.54) is 24.8 Å². The van der Waals surface area contributed by atoms with Gasteiger partial charge >= 0.3 is 0 Å². The summed E-state index contributed by atoms with van der Waals surface area (Å²) in [5.41, 5.74) is 2.25. The van der Waals surface area contributed by atoms with Crippen LogP contribution in [0, 0.1) is 0 Å². The standard InChI is InChI=1S/C14H18OS/c1-2-16-10-14(15)13-8-4-7-12(9-13)11-5-3-6-11/h4,7-9,11H,2-3,5-6,10H2,1H3. The van der Waals surface area contributed by atoms with Gasteiger partial charge in [0.1, 0.15) is 0 Å². The van der Waals surface area contributed by atoms with E-state index in [0.29, 0.717) is 11.7 Å². The molecule has 0 aliphatic heterocycles. The van der Waals surface area contributed by atoms with E-state index < -0.39 is 0 Å². The Morgan fingerprint density at radius 1 is 1.44 bits per heavy atom. The van der Waals surface area contributed by atoms with E-state index in [0.717, 1.165) is 11.3 Å². The van der Waals surface area contributed by atoms with Gasteiger partial charge in [-0.2, -0.15) is 11.8 Å². The topological polar surface area (TPSA) is 17.1 Å². The summed E-state index contributed by atoms with van der Waals surface area (Å²) in [6.45, 7) is 2.09. The first-order chi connectivity index (χ1) is 7.81. The van der Waals surface area contributed by atoms with Crippen LogP contribution >= 0.6 is 11.8 Å². The van der Waals surface area contributed by atoms with Gasteiger partial charge in [-0.05, 0) is 36.1 Å². The smallest absolute Gasteiger partial charge is 0.172 e. The average Bonchev–Trinajstić information content (AvgIpc) is 2.24. The van der Waals surface area contributed by atoms with E-state index in [9.17, 15) is 4.79 Å². The van der Waals surface area contributed by atoms with Crippen molar-refractivity contribution in [2.75, 3.05) is 11.5 Å². The molecule has 0 radical (unpaired) electrons. The lowest BCUT2D eigenvalue weighted by Gasteiger charge is -2.26. The molecule has 2 rings (SSSR count). The van der Waals surface area contributed by atoms with Crippen molar-refractivity contribution in [3.05, 3.63) is 35.4 Å². The molecule has 0 heterocycles. The molecule has 0 bridgehead atoms. The fraction of sp³-hybridized carbons (Fsp3) is 0.500. The van der Waals surface area contributed by atoms with Crippen LogP contribution in [0.25, 0.3) is 0 Å². The molecule has 0 aromatic heterocycles. The maximum Gasteiger partial charge on any atom is 0.172 e. The molecule has 0 unspecified atom stereocenters. The largest absolute Gasteiger partial charge is 0.293 e. The third-order valence-electron chi connectivity index (χ3n) is 3.22. The van der Waals surface area contributed by atoms with E-state index in [-0.39, 0.29) is 5.78 Å². The molecule has 16 heavy (non-hydrogen) atoms. The van der Waals surface area contributed by atoms with Gasteiger partial charge in [0.25, 0.3) is 0 Å². The second-order valence-electron chi connectivity index (χ2n) is 4.31. The quantitative estimate of drug-likeness (QED) is 0.719. The number of carbonyl (C=O) groups is 1. The average molecular weight is 234 g/mol.